The van der Waals surface area contributed by atoms with Crippen molar-refractivity contribution in [2.24, 2.45) is 0 Å². The van der Waals surface area contributed by atoms with Crippen LogP contribution in [0.25, 0.3) is 11.1 Å². The molecule has 0 radical (unpaired) electrons. The van der Waals surface area contributed by atoms with Gasteiger partial charge in [-0.25, -0.2) is 4.98 Å². The summed E-state index contributed by atoms with van der Waals surface area (Å²) >= 11 is 0. The van der Waals surface area contributed by atoms with Crippen LogP contribution >= 0.6 is 0 Å². The maximum absolute atomic E-state index is 13.5. The number of hydrogen-bond acceptors (Lipinski definition) is 5. The number of carbonyl (C=O) groups is 1. The molecule has 1 atom stereocenters. The Hall–Kier alpha value is -2.89. The Morgan fingerprint density at radius 1 is 1.37 bits per heavy atom. The minimum Gasteiger partial charge on any atom is -0.497 e. The topological polar surface area (TPSA) is 68.5 Å². The number of pyridine rings is 1. The van der Waals surface area contributed by atoms with Gasteiger partial charge in [-0.2, -0.15) is 0 Å². The average molecular weight is 365 g/mol. The number of aryl methyl sites for hydroxylation is 2. The van der Waals surface area contributed by atoms with E-state index in [-0.39, 0.29) is 11.9 Å². The maximum atomic E-state index is 13.5. The molecule has 0 aliphatic carbocycles. The van der Waals surface area contributed by atoms with Crippen molar-refractivity contribution in [2.75, 3.05) is 13.7 Å². The highest BCUT2D eigenvalue weighted by atomic mass is 16.5. The van der Waals surface area contributed by atoms with Gasteiger partial charge in [0.1, 0.15) is 5.75 Å². The molecule has 4 rings (SSSR count). The molecule has 0 N–H and O–H groups in total. The third-order valence-corrected chi connectivity index (χ3v) is 5.26. The number of carbonyl (C=O) groups excluding carboxylic acids is 1. The molecule has 0 unspecified atom stereocenters. The molecule has 1 amide bonds. The number of likely N-dealkylation sites (tertiary alicyclic amines) is 1. The van der Waals surface area contributed by atoms with Crippen molar-refractivity contribution in [1.29, 1.82) is 0 Å². The third-order valence-electron chi connectivity index (χ3n) is 5.26. The molecule has 27 heavy (non-hydrogen) atoms. The Bertz CT molecular complexity index is 996. The fourth-order valence-electron chi connectivity index (χ4n) is 3.86. The molecule has 6 nitrogen and oxygen atoms in total. The lowest BCUT2D eigenvalue weighted by Crippen LogP contribution is -2.31. The summed E-state index contributed by atoms with van der Waals surface area (Å²) in [4.78, 5) is 19.9. The number of fused-ring (bicyclic) bond motifs is 1. The molecule has 0 spiro atoms. The van der Waals surface area contributed by atoms with E-state index >= 15 is 0 Å². The van der Waals surface area contributed by atoms with Crippen molar-refractivity contribution in [3.8, 4) is 5.75 Å². The molecule has 0 bridgehead atoms. The van der Waals surface area contributed by atoms with Gasteiger partial charge in [0.2, 0.25) is 0 Å². The number of nitrogens with zero attached hydrogens (tertiary/aromatic N) is 3. The van der Waals surface area contributed by atoms with E-state index in [9.17, 15) is 4.79 Å². The van der Waals surface area contributed by atoms with Crippen molar-refractivity contribution in [1.82, 2.24) is 15.0 Å². The lowest BCUT2D eigenvalue weighted by Gasteiger charge is -2.26. The Morgan fingerprint density at radius 3 is 3.00 bits per heavy atom. The van der Waals surface area contributed by atoms with Gasteiger partial charge in [-0.05, 0) is 49.9 Å². The largest absolute Gasteiger partial charge is 0.497 e. The smallest absolute Gasteiger partial charge is 0.258 e. The monoisotopic (exact) mass is 365 g/mol. The highest BCUT2D eigenvalue weighted by Gasteiger charge is 2.32. The van der Waals surface area contributed by atoms with Gasteiger partial charge in [-0.15, -0.1) is 0 Å². The molecule has 1 aliphatic rings. The molecule has 140 valence electrons. The molecular weight excluding hydrogens is 342 g/mol. The van der Waals surface area contributed by atoms with Crippen LogP contribution in [0.15, 0.2) is 34.9 Å². The second kappa shape index (κ2) is 7.02. The van der Waals surface area contributed by atoms with Gasteiger partial charge in [-0.3, -0.25) is 4.79 Å². The number of hydrogen-bond donors (Lipinski definition) is 0. The summed E-state index contributed by atoms with van der Waals surface area (Å²) in [5.74, 6) is 0.815. The first-order chi connectivity index (χ1) is 13.1. The number of aromatic nitrogens is 2. The Labute approximate surface area is 158 Å². The summed E-state index contributed by atoms with van der Waals surface area (Å²) in [6.07, 6.45) is 2.65. The van der Waals surface area contributed by atoms with Gasteiger partial charge in [0.05, 0.1) is 29.8 Å². The van der Waals surface area contributed by atoms with Crippen LogP contribution in [0, 0.1) is 6.92 Å². The Balaban J connectivity index is 1.75. The number of rotatable bonds is 4. The lowest BCUT2D eigenvalue weighted by molar-refractivity contribution is 0.0737. The van der Waals surface area contributed by atoms with Crippen molar-refractivity contribution in [3.05, 3.63) is 52.8 Å². The predicted octanol–water partition coefficient (Wildman–Crippen LogP) is 4.08. The van der Waals surface area contributed by atoms with E-state index < -0.39 is 0 Å². The van der Waals surface area contributed by atoms with Gasteiger partial charge in [0.25, 0.3) is 11.6 Å². The molecule has 1 aliphatic heterocycles. The minimum absolute atomic E-state index is 0.00807. The van der Waals surface area contributed by atoms with Crippen LogP contribution in [0.5, 0.6) is 5.75 Å². The average Bonchev–Trinajstić information content (AvgIpc) is 3.34. The fraction of sp³-hybridized carbons (Fsp3) is 0.381. The zero-order chi connectivity index (χ0) is 19.0. The maximum Gasteiger partial charge on any atom is 0.258 e. The molecule has 6 heteroatoms. The number of methoxy groups -OCH3 is 1. The molecule has 1 aromatic carbocycles. The molecule has 0 saturated carbocycles. The number of amides is 1. The Kier molecular flexibility index (Phi) is 4.56. The molecule has 1 saturated heterocycles. The summed E-state index contributed by atoms with van der Waals surface area (Å²) in [5, 5.41) is 4.73. The van der Waals surface area contributed by atoms with Crippen molar-refractivity contribution in [2.45, 2.75) is 39.2 Å². The summed E-state index contributed by atoms with van der Waals surface area (Å²) < 4.78 is 10.7. The van der Waals surface area contributed by atoms with Crippen LogP contribution in [-0.2, 0) is 6.42 Å². The molecular formula is C21H23N3O3. The lowest BCUT2D eigenvalue weighted by atomic mass is 10.0. The standard InChI is InChI=1S/C21H23N3O3/c1-4-15-12-17(19-13(2)23-27-20(19)22-15)21(25)24-10-6-9-18(24)14-7-5-8-16(11-14)26-3/h5,7-8,11-12,18H,4,6,9-10H2,1-3H3/t18-/m0/s1. The SMILES string of the molecule is CCc1cc(C(=O)N2CCC[C@H]2c2cccc(OC)c2)c2c(C)noc2n1. The van der Waals surface area contributed by atoms with Gasteiger partial charge in [0, 0.05) is 12.2 Å². The zero-order valence-corrected chi connectivity index (χ0v) is 15.9. The first-order valence-corrected chi connectivity index (χ1v) is 9.33. The van der Waals surface area contributed by atoms with Crippen LogP contribution in [0.1, 0.15) is 53.1 Å². The first-order valence-electron chi connectivity index (χ1n) is 9.33. The molecule has 3 aromatic rings. The minimum atomic E-state index is 0.00807. The van der Waals surface area contributed by atoms with E-state index in [4.69, 9.17) is 9.26 Å². The highest BCUT2D eigenvalue weighted by Crippen LogP contribution is 2.35. The second-order valence-electron chi connectivity index (χ2n) is 6.90. The predicted molar refractivity (Wildman–Crippen MR) is 102 cm³/mol. The quantitative estimate of drug-likeness (QED) is 0.697. The van der Waals surface area contributed by atoms with Crippen molar-refractivity contribution in [3.63, 3.8) is 0 Å². The van der Waals surface area contributed by atoms with E-state index in [1.165, 1.54) is 0 Å². The molecule has 1 fully saturated rings. The molecule has 3 heterocycles. The zero-order valence-electron chi connectivity index (χ0n) is 15.9. The van der Waals surface area contributed by atoms with E-state index in [0.717, 1.165) is 42.8 Å². The summed E-state index contributed by atoms with van der Waals surface area (Å²) in [6, 6.07) is 9.89. The fourth-order valence-corrected chi connectivity index (χ4v) is 3.86. The van der Waals surface area contributed by atoms with E-state index in [2.05, 4.69) is 16.2 Å². The van der Waals surface area contributed by atoms with E-state index in [0.29, 0.717) is 22.4 Å². The van der Waals surface area contributed by atoms with E-state index in [1.807, 2.05) is 43.0 Å². The normalized spacial score (nSPS) is 16.9. The van der Waals surface area contributed by atoms with Gasteiger partial charge in [0.15, 0.2) is 0 Å². The van der Waals surface area contributed by atoms with Crippen molar-refractivity contribution >= 4 is 17.0 Å². The summed E-state index contributed by atoms with van der Waals surface area (Å²) in [6.45, 7) is 4.59. The number of ether oxygens (including phenoxy) is 1. The molecule has 2 aromatic heterocycles. The summed E-state index contributed by atoms with van der Waals surface area (Å²) in [7, 11) is 1.66. The Morgan fingerprint density at radius 2 is 2.22 bits per heavy atom. The second-order valence-corrected chi connectivity index (χ2v) is 6.90. The van der Waals surface area contributed by atoms with Gasteiger partial charge in [-0.1, -0.05) is 24.2 Å². The van der Waals surface area contributed by atoms with Crippen LogP contribution < -0.4 is 4.74 Å². The van der Waals surface area contributed by atoms with E-state index in [1.54, 1.807) is 7.11 Å². The highest BCUT2D eigenvalue weighted by molar-refractivity contribution is 6.06. The van der Waals surface area contributed by atoms with Gasteiger partial charge < -0.3 is 14.2 Å². The summed E-state index contributed by atoms with van der Waals surface area (Å²) in [5.41, 5.74) is 3.70. The van der Waals surface area contributed by atoms with Crippen LogP contribution in [0.4, 0.5) is 0 Å². The first kappa shape index (κ1) is 17.5. The van der Waals surface area contributed by atoms with Crippen LogP contribution in [0.3, 0.4) is 0 Å². The third kappa shape index (κ3) is 3.05. The van der Waals surface area contributed by atoms with Crippen LogP contribution in [-0.4, -0.2) is 34.6 Å². The number of benzene rings is 1. The van der Waals surface area contributed by atoms with Crippen LogP contribution in [0.2, 0.25) is 0 Å². The van der Waals surface area contributed by atoms with Crippen molar-refractivity contribution < 1.29 is 14.1 Å². The van der Waals surface area contributed by atoms with Gasteiger partial charge >= 0.3 is 0 Å².